The van der Waals surface area contributed by atoms with Gasteiger partial charge in [0.25, 0.3) is 5.69 Å². The van der Waals surface area contributed by atoms with E-state index in [1.165, 1.54) is 6.07 Å². The van der Waals surface area contributed by atoms with Crippen molar-refractivity contribution in [2.75, 3.05) is 5.32 Å². The smallest absolute Gasteiger partial charge is 0.271 e. The van der Waals surface area contributed by atoms with Crippen molar-refractivity contribution in [3.05, 3.63) is 70.3 Å². The number of anilines is 1. The summed E-state index contributed by atoms with van der Waals surface area (Å²) in [6.07, 6.45) is 0. The maximum atomic E-state index is 10.8. The van der Waals surface area contributed by atoms with Gasteiger partial charge in [-0.2, -0.15) is 0 Å². The molecule has 0 saturated heterocycles. The largest absolute Gasteiger partial charge is 0.376 e. The van der Waals surface area contributed by atoms with E-state index < -0.39 is 0 Å². The standard InChI is InChI=1S/C15H16N2O2/c1-15(2,12-7-4-3-5-8-12)16-13-9-6-10-14(11-13)17(18)19/h3-11,16H,1-2H3. The Bertz CT molecular complexity index is 580. The first-order chi connectivity index (χ1) is 8.99. The predicted octanol–water partition coefficient (Wildman–Crippen LogP) is 3.94. The van der Waals surface area contributed by atoms with Crippen LogP contribution < -0.4 is 5.32 Å². The number of benzene rings is 2. The van der Waals surface area contributed by atoms with Crippen LogP contribution in [0.15, 0.2) is 54.6 Å². The van der Waals surface area contributed by atoms with Gasteiger partial charge in [0.05, 0.1) is 10.5 Å². The Hall–Kier alpha value is -2.36. The maximum Gasteiger partial charge on any atom is 0.271 e. The number of rotatable bonds is 4. The van der Waals surface area contributed by atoms with Crippen LogP contribution in [-0.4, -0.2) is 4.92 Å². The highest BCUT2D eigenvalue weighted by molar-refractivity contribution is 5.53. The molecule has 0 spiro atoms. The van der Waals surface area contributed by atoms with Crippen LogP contribution in [0.5, 0.6) is 0 Å². The van der Waals surface area contributed by atoms with Crippen LogP contribution in [0.3, 0.4) is 0 Å². The van der Waals surface area contributed by atoms with Gasteiger partial charge >= 0.3 is 0 Å². The number of nitro groups is 1. The molecule has 0 aromatic heterocycles. The Morgan fingerprint density at radius 3 is 2.37 bits per heavy atom. The molecule has 98 valence electrons. The minimum absolute atomic E-state index is 0.0915. The molecular weight excluding hydrogens is 240 g/mol. The topological polar surface area (TPSA) is 55.2 Å². The number of nitrogens with one attached hydrogen (secondary N) is 1. The van der Waals surface area contributed by atoms with E-state index in [4.69, 9.17) is 0 Å². The molecule has 4 nitrogen and oxygen atoms in total. The monoisotopic (exact) mass is 256 g/mol. The van der Waals surface area contributed by atoms with E-state index in [1.807, 2.05) is 50.2 Å². The van der Waals surface area contributed by atoms with Crippen molar-refractivity contribution in [2.45, 2.75) is 19.4 Å². The lowest BCUT2D eigenvalue weighted by atomic mass is 9.94. The van der Waals surface area contributed by atoms with E-state index in [2.05, 4.69) is 5.32 Å². The predicted molar refractivity (Wildman–Crippen MR) is 76.2 cm³/mol. The van der Waals surface area contributed by atoms with Crippen LogP contribution in [0.4, 0.5) is 11.4 Å². The Morgan fingerprint density at radius 1 is 1.05 bits per heavy atom. The quantitative estimate of drug-likeness (QED) is 0.665. The summed E-state index contributed by atoms with van der Waals surface area (Å²) in [6, 6.07) is 16.5. The molecule has 0 saturated carbocycles. The molecule has 0 fully saturated rings. The first-order valence-corrected chi connectivity index (χ1v) is 6.07. The maximum absolute atomic E-state index is 10.8. The average Bonchev–Trinajstić information content (AvgIpc) is 2.39. The number of nitrogens with zero attached hydrogens (tertiary/aromatic N) is 1. The second-order valence-electron chi connectivity index (χ2n) is 4.92. The second-order valence-corrected chi connectivity index (χ2v) is 4.92. The highest BCUT2D eigenvalue weighted by Crippen LogP contribution is 2.27. The van der Waals surface area contributed by atoms with Gasteiger partial charge in [0.15, 0.2) is 0 Å². The molecule has 0 bridgehead atoms. The summed E-state index contributed by atoms with van der Waals surface area (Å²) in [5.41, 5.74) is 1.66. The summed E-state index contributed by atoms with van der Waals surface area (Å²) in [5.74, 6) is 0. The molecule has 0 aliphatic heterocycles. The van der Waals surface area contributed by atoms with E-state index in [0.717, 1.165) is 11.3 Å². The van der Waals surface area contributed by atoms with Crippen molar-refractivity contribution in [1.29, 1.82) is 0 Å². The number of nitro benzene ring substituents is 1. The Balaban J connectivity index is 2.25. The van der Waals surface area contributed by atoms with Crippen LogP contribution in [0.1, 0.15) is 19.4 Å². The van der Waals surface area contributed by atoms with E-state index in [-0.39, 0.29) is 16.1 Å². The normalized spacial score (nSPS) is 11.1. The third kappa shape index (κ3) is 3.10. The van der Waals surface area contributed by atoms with E-state index in [1.54, 1.807) is 12.1 Å². The van der Waals surface area contributed by atoms with Crippen molar-refractivity contribution < 1.29 is 4.92 Å². The second kappa shape index (κ2) is 5.10. The lowest BCUT2D eigenvalue weighted by Gasteiger charge is -2.28. The van der Waals surface area contributed by atoms with Gasteiger partial charge in [-0.25, -0.2) is 0 Å². The number of non-ortho nitro benzene ring substituents is 1. The third-order valence-corrected chi connectivity index (χ3v) is 3.01. The molecule has 4 heteroatoms. The summed E-state index contributed by atoms with van der Waals surface area (Å²) >= 11 is 0. The summed E-state index contributed by atoms with van der Waals surface area (Å²) < 4.78 is 0. The van der Waals surface area contributed by atoms with Crippen LogP contribution in [0.25, 0.3) is 0 Å². The zero-order valence-corrected chi connectivity index (χ0v) is 11.0. The van der Waals surface area contributed by atoms with Gasteiger partial charge in [0, 0.05) is 17.8 Å². The highest BCUT2D eigenvalue weighted by atomic mass is 16.6. The van der Waals surface area contributed by atoms with Gasteiger partial charge < -0.3 is 5.32 Å². The molecule has 0 heterocycles. The molecule has 19 heavy (non-hydrogen) atoms. The van der Waals surface area contributed by atoms with Gasteiger partial charge in [-0.3, -0.25) is 10.1 Å². The SMILES string of the molecule is CC(C)(Nc1cccc([N+](=O)[O-])c1)c1ccccc1. The van der Waals surface area contributed by atoms with Crippen LogP contribution in [-0.2, 0) is 5.54 Å². The zero-order valence-electron chi connectivity index (χ0n) is 11.0. The fourth-order valence-electron chi connectivity index (χ4n) is 1.99. The zero-order chi connectivity index (χ0) is 13.9. The third-order valence-electron chi connectivity index (χ3n) is 3.01. The Labute approximate surface area is 112 Å². The molecule has 2 aromatic rings. The van der Waals surface area contributed by atoms with Gasteiger partial charge in [-0.05, 0) is 25.5 Å². The molecule has 0 atom stereocenters. The van der Waals surface area contributed by atoms with Crippen molar-refractivity contribution in [3.63, 3.8) is 0 Å². The van der Waals surface area contributed by atoms with E-state index >= 15 is 0 Å². The lowest BCUT2D eigenvalue weighted by Crippen LogP contribution is -2.27. The number of hydrogen-bond acceptors (Lipinski definition) is 3. The summed E-state index contributed by atoms with van der Waals surface area (Å²) in [4.78, 5) is 10.4. The minimum Gasteiger partial charge on any atom is -0.376 e. The van der Waals surface area contributed by atoms with Gasteiger partial charge in [0.1, 0.15) is 0 Å². The molecule has 1 N–H and O–H groups in total. The van der Waals surface area contributed by atoms with Gasteiger partial charge in [-0.15, -0.1) is 0 Å². The van der Waals surface area contributed by atoms with Gasteiger partial charge in [0.2, 0.25) is 0 Å². The van der Waals surface area contributed by atoms with Crippen molar-refractivity contribution in [3.8, 4) is 0 Å². The molecule has 0 aliphatic carbocycles. The molecule has 0 amide bonds. The molecule has 2 rings (SSSR count). The molecule has 0 aliphatic rings. The van der Waals surface area contributed by atoms with Crippen molar-refractivity contribution in [2.24, 2.45) is 0 Å². The fourth-order valence-corrected chi connectivity index (χ4v) is 1.99. The number of hydrogen-bond donors (Lipinski definition) is 1. The fraction of sp³-hybridized carbons (Fsp3) is 0.200. The molecule has 0 radical (unpaired) electrons. The van der Waals surface area contributed by atoms with Crippen molar-refractivity contribution >= 4 is 11.4 Å². The molecule has 0 unspecified atom stereocenters. The van der Waals surface area contributed by atoms with Crippen LogP contribution >= 0.6 is 0 Å². The van der Waals surface area contributed by atoms with Crippen LogP contribution in [0.2, 0.25) is 0 Å². The van der Waals surface area contributed by atoms with Crippen LogP contribution in [0, 0.1) is 10.1 Å². The van der Waals surface area contributed by atoms with Gasteiger partial charge in [-0.1, -0.05) is 36.4 Å². The summed E-state index contributed by atoms with van der Waals surface area (Å²) in [5, 5.41) is 14.1. The van der Waals surface area contributed by atoms with E-state index in [9.17, 15) is 10.1 Å². The summed E-state index contributed by atoms with van der Waals surface area (Å²) in [7, 11) is 0. The van der Waals surface area contributed by atoms with E-state index in [0.29, 0.717) is 0 Å². The Kier molecular flexibility index (Phi) is 3.51. The lowest BCUT2D eigenvalue weighted by molar-refractivity contribution is -0.384. The molecular formula is C15H16N2O2. The molecule has 2 aromatic carbocycles. The van der Waals surface area contributed by atoms with Crippen molar-refractivity contribution in [1.82, 2.24) is 0 Å². The first kappa shape index (κ1) is 13.1. The minimum atomic E-state index is -0.388. The first-order valence-electron chi connectivity index (χ1n) is 6.07. The Morgan fingerprint density at radius 2 is 1.74 bits per heavy atom. The highest BCUT2D eigenvalue weighted by Gasteiger charge is 2.20. The summed E-state index contributed by atoms with van der Waals surface area (Å²) in [6.45, 7) is 4.09. The average molecular weight is 256 g/mol.